The van der Waals surface area contributed by atoms with E-state index in [4.69, 9.17) is 10.8 Å². The van der Waals surface area contributed by atoms with Crippen molar-refractivity contribution >= 4 is 6.09 Å². The van der Waals surface area contributed by atoms with Crippen molar-refractivity contribution in [2.45, 2.75) is 12.8 Å². The van der Waals surface area contributed by atoms with Gasteiger partial charge in [0, 0.05) is 13.6 Å². The molecule has 0 aliphatic rings. The van der Waals surface area contributed by atoms with Gasteiger partial charge in [0.15, 0.2) is 0 Å². The Morgan fingerprint density at radius 2 is 2.00 bits per heavy atom. The number of nitrogens with zero attached hydrogens (tertiary/aromatic N) is 1. The summed E-state index contributed by atoms with van der Waals surface area (Å²) in [4.78, 5) is 11.9. The highest BCUT2D eigenvalue weighted by molar-refractivity contribution is 5.64. The Hall–Kier alpha value is -1.55. The van der Waals surface area contributed by atoms with Gasteiger partial charge in [0.1, 0.15) is 0 Å². The predicted octanol–water partition coefficient (Wildman–Crippen LogP) is 1.34. The lowest BCUT2D eigenvalue weighted by Gasteiger charge is -2.12. The predicted molar refractivity (Wildman–Crippen MR) is 63.6 cm³/mol. The molecular formula is C12H18N2O2. The van der Waals surface area contributed by atoms with E-state index in [0.717, 1.165) is 18.4 Å². The van der Waals surface area contributed by atoms with Crippen molar-refractivity contribution in [1.82, 2.24) is 4.90 Å². The second-order valence-electron chi connectivity index (χ2n) is 3.81. The first kappa shape index (κ1) is 12.5. The monoisotopic (exact) mass is 222 g/mol. The molecule has 1 aromatic carbocycles. The van der Waals surface area contributed by atoms with Crippen LogP contribution in [-0.2, 0) is 12.8 Å². The summed E-state index contributed by atoms with van der Waals surface area (Å²) in [5, 5.41) is 8.71. The van der Waals surface area contributed by atoms with Crippen LogP contribution in [0.1, 0.15) is 11.1 Å². The quantitative estimate of drug-likeness (QED) is 0.790. The number of hydrogen-bond donors (Lipinski definition) is 2. The second kappa shape index (κ2) is 6.12. The van der Waals surface area contributed by atoms with Gasteiger partial charge >= 0.3 is 6.09 Å². The number of nitrogens with two attached hydrogens (primary N) is 1. The third kappa shape index (κ3) is 3.90. The average molecular weight is 222 g/mol. The summed E-state index contributed by atoms with van der Waals surface area (Å²) in [5.41, 5.74) is 7.84. The van der Waals surface area contributed by atoms with E-state index in [1.54, 1.807) is 7.05 Å². The van der Waals surface area contributed by atoms with Crippen molar-refractivity contribution in [2.24, 2.45) is 5.73 Å². The molecule has 0 atom stereocenters. The fourth-order valence-corrected chi connectivity index (χ4v) is 1.50. The minimum absolute atomic E-state index is 0.515. The molecule has 3 N–H and O–H groups in total. The molecule has 0 aliphatic carbocycles. The molecule has 0 radical (unpaired) electrons. The summed E-state index contributed by atoms with van der Waals surface area (Å²) in [6.45, 7) is 1.15. The van der Waals surface area contributed by atoms with Gasteiger partial charge in [-0.15, -0.1) is 0 Å². The number of benzene rings is 1. The van der Waals surface area contributed by atoms with Gasteiger partial charge in [0.25, 0.3) is 0 Å². The summed E-state index contributed by atoms with van der Waals surface area (Å²) in [6.07, 6.45) is 0.710. The van der Waals surface area contributed by atoms with E-state index in [2.05, 4.69) is 6.07 Å². The number of carboxylic acid groups (broad SMARTS) is 1. The lowest BCUT2D eigenvalue weighted by Crippen LogP contribution is -2.26. The average Bonchev–Trinajstić information content (AvgIpc) is 2.26. The van der Waals surface area contributed by atoms with Crippen LogP contribution in [0.2, 0.25) is 0 Å². The number of hydrogen-bond acceptors (Lipinski definition) is 2. The van der Waals surface area contributed by atoms with Gasteiger partial charge in [-0.2, -0.15) is 0 Å². The number of amides is 1. The zero-order valence-electron chi connectivity index (χ0n) is 9.52. The fourth-order valence-electron chi connectivity index (χ4n) is 1.50. The summed E-state index contributed by atoms with van der Waals surface area (Å²) >= 11 is 0. The van der Waals surface area contributed by atoms with Crippen molar-refractivity contribution in [3.63, 3.8) is 0 Å². The maximum absolute atomic E-state index is 10.6. The van der Waals surface area contributed by atoms with Crippen LogP contribution in [0.3, 0.4) is 0 Å². The summed E-state index contributed by atoms with van der Waals surface area (Å²) in [7, 11) is 1.58. The molecule has 0 unspecified atom stereocenters. The van der Waals surface area contributed by atoms with Crippen LogP contribution in [0.4, 0.5) is 4.79 Å². The summed E-state index contributed by atoms with van der Waals surface area (Å²) < 4.78 is 0. The minimum atomic E-state index is -0.891. The number of carbonyl (C=O) groups is 1. The molecule has 1 amide bonds. The number of rotatable bonds is 5. The van der Waals surface area contributed by atoms with Crippen molar-refractivity contribution in [1.29, 1.82) is 0 Å². The van der Waals surface area contributed by atoms with Crippen molar-refractivity contribution in [2.75, 3.05) is 20.1 Å². The highest BCUT2D eigenvalue weighted by Gasteiger charge is 2.04. The first-order chi connectivity index (χ1) is 7.63. The zero-order chi connectivity index (χ0) is 12.0. The maximum Gasteiger partial charge on any atom is 0.407 e. The molecule has 0 fully saturated rings. The zero-order valence-corrected chi connectivity index (χ0v) is 9.52. The molecule has 0 aliphatic heterocycles. The minimum Gasteiger partial charge on any atom is -0.465 e. The first-order valence-corrected chi connectivity index (χ1v) is 5.35. The molecule has 0 aromatic heterocycles. The molecule has 1 rings (SSSR count). The number of likely N-dealkylation sites (N-methyl/N-ethyl adjacent to an activating group) is 1. The van der Waals surface area contributed by atoms with Crippen LogP contribution in [-0.4, -0.2) is 36.2 Å². The van der Waals surface area contributed by atoms with Crippen LogP contribution in [0.25, 0.3) is 0 Å². The van der Waals surface area contributed by atoms with Crippen LogP contribution in [0.15, 0.2) is 24.3 Å². The Balaban J connectivity index is 2.53. The van der Waals surface area contributed by atoms with Gasteiger partial charge in [0.2, 0.25) is 0 Å². The molecule has 0 heterocycles. The fraction of sp³-hybridized carbons (Fsp3) is 0.417. The van der Waals surface area contributed by atoms with Crippen molar-refractivity contribution < 1.29 is 9.90 Å². The largest absolute Gasteiger partial charge is 0.465 e. The van der Waals surface area contributed by atoms with Crippen LogP contribution in [0.5, 0.6) is 0 Å². The Bertz CT molecular complexity index is 353. The van der Waals surface area contributed by atoms with Gasteiger partial charge in [0.05, 0.1) is 0 Å². The van der Waals surface area contributed by atoms with E-state index < -0.39 is 6.09 Å². The normalized spacial score (nSPS) is 10.1. The summed E-state index contributed by atoms with van der Waals surface area (Å²) in [6, 6.07) is 8.12. The van der Waals surface area contributed by atoms with E-state index >= 15 is 0 Å². The van der Waals surface area contributed by atoms with Crippen molar-refractivity contribution in [3.8, 4) is 0 Å². The van der Waals surface area contributed by atoms with Gasteiger partial charge < -0.3 is 15.7 Å². The highest BCUT2D eigenvalue weighted by Crippen LogP contribution is 2.07. The third-order valence-corrected chi connectivity index (χ3v) is 2.49. The molecule has 88 valence electrons. The summed E-state index contributed by atoms with van der Waals surface area (Å²) in [5.74, 6) is 0. The molecule has 0 saturated carbocycles. The molecule has 16 heavy (non-hydrogen) atoms. The first-order valence-electron chi connectivity index (χ1n) is 5.35. The van der Waals surface area contributed by atoms with E-state index in [9.17, 15) is 4.79 Å². The molecular weight excluding hydrogens is 204 g/mol. The molecule has 1 aromatic rings. The highest BCUT2D eigenvalue weighted by atomic mass is 16.4. The van der Waals surface area contributed by atoms with Gasteiger partial charge in [-0.1, -0.05) is 24.3 Å². The SMILES string of the molecule is CN(CCc1cccc(CCN)c1)C(=O)O. The van der Waals surface area contributed by atoms with Gasteiger partial charge in [-0.05, 0) is 30.5 Å². The Labute approximate surface area is 95.7 Å². The molecule has 4 nitrogen and oxygen atoms in total. The lowest BCUT2D eigenvalue weighted by atomic mass is 10.1. The van der Waals surface area contributed by atoms with Gasteiger partial charge in [-0.3, -0.25) is 0 Å². The van der Waals surface area contributed by atoms with Crippen LogP contribution >= 0.6 is 0 Å². The standard InChI is InChI=1S/C12H18N2O2/c1-14(12(15)16)8-6-11-4-2-3-10(9-11)5-7-13/h2-4,9H,5-8,13H2,1H3,(H,15,16). The van der Waals surface area contributed by atoms with E-state index in [-0.39, 0.29) is 0 Å². The Morgan fingerprint density at radius 1 is 1.38 bits per heavy atom. The lowest BCUT2D eigenvalue weighted by molar-refractivity contribution is 0.156. The van der Waals surface area contributed by atoms with E-state index in [0.29, 0.717) is 13.1 Å². The third-order valence-electron chi connectivity index (χ3n) is 2.49. The maximum atomic E-state index is 10.6. The van der Waals surface area contributed by atoms with Crippen LogP contribution in [0, 0.1) is 0 Å². The molecule has 4 heteroatoms. The Kier molecular flexibility index (Phi) is 4.79. The smallest absolute Gasteiger partial charge is 0.407 e. The molecule has 0 bridgehead atoms. The van der Waals surface area contributed by atoms with Crippen molar-refractivity contribution in [3.05, 3.63) is 35.4 Å². The van der Waals surface area contributed by atoms with Gasteiger partial charge in [-0.25, -0.2) is 4.79 Å². The molecule has 0 saturated heterocycles. The van der Waals surface area contributed by atoms with E-state index in [1.165, 1.54) is 10.5 Å². The van der Waals surface area contributed by atoms with Crippen LogP contribution < -0.4 is 5.73 Å². The van der Waals surface area contributed by atoms with E-state index in [1.807, 2.05) is 18.2 Å². The molecule has 0 spiro atoms. The Morgan fingerprint density at radius 3 is 2.56 bits per heavy atom. The topological polar surface area (TPSA) is 66.6 Å². The second-order valence-corrected chi connectivity index (χ2v) is 3.81.